The van der Waals surface area contributed by atoms with Crippen molar-refractivity contribution in [3.8, 4) is 0 Å². The first-order valence-electron chi connectivity index (χ1n) is 5.90. The maximum absolute atomic E-state index is 11.9. The summed E-state index contributed by atoms with van der Waals surface area (Å²) in [5.41, 5.74) is 2.33. The highest BCUT2D eigenvalue weighted by Crippen LogP contribution is 2.15. The molecule has 0 aliphatic heterocycles. The first-order chi connectivity index (χ1) is 8.81. The average molecular weight is 244 g/mol. The topological polar surface area (TPSA) is 69.8 Å². The molecule has 1 heterocycles. The van der Waals surface area contributed by atoms with E-state index in [-0.39, 0.29) is 5.91 Å². The molecule has 1 aromatic heterocycles. The van der Waals surface area contributed by atoms with Gasteiger partial charge in [0.25, 0.3) is 5.91 Å². The average Bonchev–Trinajstić information content (AvgIpc) is 2.91. The summed E-state index contributed by atoms with van der Waals surface area (Å²) in [6, 6.07) is 9.38. The van der Waals surface area contributed by atoms with Crippen LogP contribution in [0.15, 0.2) is 36.5 Å². The summed E-state index contributed by atoms with van der Waals surface area (Å²) in [6.45, 7) is 3.67. The third kappa shape index (κ3) is 2.95. The van der Waals surface area contributed by atoms with Crippen molar-refractivity contribution in [2.24, 2.45) is 0 Å². The maximum atomic E-state index is 11.9. The van der Waals surface area contributed by atoms with Crippen molar-refractivity contribution in [2.75, 3.05) is 11.9 Å². The van der Waals surface area contributed by atoms with Gasteiger partial charge in [0.15, 0.2) is 0 Å². The zero-order chi connectivity index (χ0) is 12.8. The van der Waals surface area contributed by atoms with Gasteiger partial charge in [-0.3, -0.25) is 9.89 Å². The molecule has 0 unspecified atom stereocenters. The second-order valence-electron chi connectivity index (χ2n) is 3.86. The van der Waals surface area contributed by atoms with E-state index >= 15 is 0 Å². The summed E-state index contributed by atoms with van der Waals surface area (Å²) >= 11 is 0. The number of hydrogen-bond donors (Lipinski definition) is 3. The highest BCUT2D eigenvalue weighted by Gasteiger charge is 2.09. The van der Waals surface area contributed by atoms with Crippen LogP contribution in [0.25, 0.3) is 0 Å². The molecule has 0 fully saturated rings. The number of benzene rings is 1. The van der Waals surface area contributed by atoms with Crippen molar-refractivity contribution >= 4 is 11.6 Å². The lowest BCUT2D eigenvalue weighted by Gasteiger charge is -2.10. The quantitative estimate of drug-likeness (QED) is 0.750. The van der Waals surface area contributed by atoms with Crippen molar-refractivity contribution in [1.29, 1.82) is 0 Å². The number of nitrogens with zero attached hydrogens (tertiary/aromatic N) is 1. The Morgan fingerprint density at radius 1 is 1.33 bits per heavy atom. The van der Waals surface area contributed by atoms with E-state index in [1.165, 1.54) is 0 Å². The van der Waals surface area contributed by atoms with E-state index < -0.39 is 0 Å². The van der Waals surface area contributed by atoms with Gasteiger partial charge >= 0.3 is 0 Å². The van der Waals surface area contributed by atoms with Crippen molar-refractivity contribution in [3.05, 3.63) is 47.8 Å². The first kappa shape index (κ1) is 12.3. The van der Waals surface area contributed by atoms with E-state index in [0.717, 1.165) is 24.3 Å². The summed E-state index contributed by atoms with van der Waals surface area (Å²) in [4.78, 5) is 11.9. The Kier molecular flexibility index (Phi) is 4.09. The van der Waals surface area contributed by atoms with Gasteiger partial charge in [-0.1, -0.05) is 25.1 Å². The van der Waals surface area contributed by atoms with Crippen molar-refractivity contribution < 1.29 is 4.79 Å². The lowest BCUT2D eigenvalue weighted by Crippen LogP contribution is -2.17. The lowest BCUT2D eigenvalue weighted by atomic mass is 10.1. The largest absolute Gasteiger partial charge is 0.320 e. The van der Waals surface area contributed by atoms with Gasteiger partial charge in [-0.05, 0) is 24.2 Å². The number of amides is 1. The van der Waals surface area contributed by atoms with Crippen LogP contribution < -0.4 is 10.6 Å². The molecule has 2 rings (SSSR count). The molecule has 2 aromatic rings. The maximum Gasteiger partial charge on any atom is 0.273 e. The normalized spacial score (nSPS) is 10.3. The van der Waals surface area contributed by atoms with Gasteiger partial charge in [0.05, 0.1) is 0 Å². The molecule has 0 aliphatic carbocycles. The molecule has 1 aromatic carbocycles. The van der Waals surface area contributed by atoms with Crippen LogP contribution in [0, 0.1) is 0 Å². The smallest absolute Gasteiger partial charge is 0.273 e. The third-order valence-electron chi connectivity index (χ3n) is 2.58. The number of aromatic nitrogens is 2. The number of hydrogen-bond acceptors (Lipinski definition) is 3. The number of carbonyl (C=O) groups is 1. The highest BCUT2D eigenvalue weighted by molar-refractivity contribution is 6.03. The number of rotatable bonds is 5. The second-order valence-corrected chi connectivity index (χ2v) is 3.86. The van der Waals surface area contributed by atoms with E-state index in [1.54, 1.807) is 12.3 Å². The monoisotopic (exact) mass is 244 g/mol. The summed E-state index contributed by atoms with van der Waals surface area (Å²) in [7, 11) is 0. The summed E-state index contributed by atoms with van der Waals surface area (Å²) in [5, 5.41) is 12.5. The van der Waals surface area contributed by atoms with Crippen LogP contribution in [0.3, 0.4) is 0 Å². The number of anilines is 1. The molecule has 0 spiro atoms. The minimum absolute atomic E-state index is 0.184. The Hall–Kier alpha value is -2.14. The van der Waals surface area contributed by atoms with E-state index in [9.17, 15) is 4.79 Å². The molecule has 94 valence electrons. The van der Waals surface area contributed by atoms with Crippen molar-refractivity contribution in [2.45, 2.75) is 13.5 Å². The standard InChI is InChI=1S/C13H16N4O/c1-2-14-9-10-5-3-4-6-11(10)16-13(18)12-7-8-15-17-12/h3-8,14H,2,9H2,1H3,(H,15,17)(H,16,18). The molecule has 0 saturated carbocycles. The molecule has 1 amide bonds. The van der Waals surface area contributed by atoms with Crippen molar-refractivity contribution in [3.63, 3.8) is 0 Å². The van der Waals surface area contributed by atoms with Crippen LogP contribution in [-0.4, -0.2) is 22.6 Å². The Balaban J connectivity index is 2.11. The van der Waals surface area contributed by atoms with Crippen LogP contribution in [0.1, 0.15) is 23.0 Å². The van der Waals surface area contributed by atoms with Gasteiger partial charge < -0.3 is 10.6 Å². The molecule has 0 aliphatic rings. The molecule has 0 saturated heterocycles. The van der Waals surface area contributed by atoms with Gasteiger partial charge in [-0.25, -0.2) is 0 Å². The fourth-order valence-corrected chi connectivity index (χ4v) is 1.63. The number of carbonyl (C=O) groups excluding carboxylic acids is 1. The van der Waals surface area contributed by atoms with Crippen LogP contribution >= 0.6 is 0 Å². The Bertz CT molecular complexity index is 507. The summed E-state index contributed by atoms with van der Waals surface area (Å²) in [6.07, 6.45) is 1.56. The van der Waals surface area contributed by atoms with Gasteiger partial charge in [0.2, 0.25) is 0 Å². The van der Waals surface area contributed by atoms with Gasteiger partial charge in [0.1, 0.15) is 5.69 Å². The number of H-pyrrole nitrogens is 1. The molecule has 0 radical (unpaired) electrons. The third-order valence-corrected chi connectivity index (χ3v) is 2.58. The molecule has 3 N–H and O–H groups in total. The zero-order valence-electron chi connectivity index (χ0n) is 10.2. The van der Waals surface area contributed by atoms with Gasteiger partial charge in [-0.15, -0.1) is 0 Å². The number of aromatic amines is 1. The number of para-hydroxylation sites is 1. The van der Waals surface area contributed by atoms with E-state index in [0.29, 0.717) is 5.69 Å². The predicted octanol–water partition coefficient (Wildman–Crippen LogP) is 1.77. The molecular weight excluding hydrogens is 228 g/mol. The summed E-state index contributed by atoms with van der Waals surface area (Å²) < 4.78 is 0. The fourth-order valence-electron chi connectivity index (χ4n) is 1.63. The van der Waals surface area contributed by atoms with Gasteiger partial charge in [0, 0.05) is 18.4 Å². The Labute approximate surface area is 106 Å². The lowest BCUT2D eigenvalue weighted by molar-refractivity contribution is 0.102. The number of nitrogens with one attached hydrogen (secondary N) is 3. The van der Waals surface area contributed by atoms with Crippen LogP contribution in [0.5, 0.6) is 0 Å². The Morgan fingerprint density at radius 2 is 2.17 bits per heavy atom. The minimum Gasteiger partial charge on any atom is -0.320 e. The highest BCUT2D eigenvalue weighted by atomic mass is 16.1. The molecule has 18 heavy (non-hydrogen) atoms. The van der Waals surface area contributed by atoms with Crippen LogP contribution in [0.4, 0.5) is 5.69 Å². The SMILES string of the molecule is CCNCc1ccccc1NC(=O)c1ccn[nH]1. The molecule has 0 bridgehead atoms. The first-order valence-corrected chi connectivity index (χ1v) is 5.90. The zero-order valence-corrected chi connectivity index (χ0v) is 10.2. The van der Waals surface area contributed by atoms with Gasteiger partial charge in [-0.2, -0.15) is 5.10 Å². The van der Waals surface area contributed by atoms with E-state index in [2.05, 4.69) is 20.8 Å². The minimum atomic E-state index is -0.184. The summed E-state index contributed by atoms with van der Waals surface area (Å²) in [5.74, 6) is -0.184. The van der Waals surface area contributed by atoms with Crippen LogP contribution in [-0.2, 0) is 6.54 Å². The van der Waals surface area contributed by atoms with E-state index in [1.807, 2.05) is 31.2 Å². The molecule has 5 nitrogen and oxygen atoms in total. The fraction of sp³-hybridized carbons (Fsp3) is 0.231. The molecule has 0 atom stereocenters. The van der Waals surface area contributed by atoms with E-state index in [4.69, 9.17) is 0 Å². The Morgan fingerprint density at radius 3 is 2.89 bits per heavy atom. The molecule has 5 heteroatoms. The van der Waals surface area contributed by atoms with Crippen LogP contribution in [0.2, 0.25) is 0 Å². The van der Waals surface area contributed by atoms with Crippen molar-refractivity contribution in [1.82, 2.24) is 15.5 Å². The molecular formula is C13H16N4O. The predicted molar refractivity (Wildman–Crippen MR) is 70.4 cm³/mol. The second kappa shape index (κ2) is 5.97.